The molecule has 0 saturated carbocycles. The maximum absolute atomic E-state index is 11.9. The fourth-order valence-corrected chi connectivity index (χ4v) is 2.40. The Morgan fingerprint density at radius 2 is 2.00 bits per heavy atom. The van der Waals surface area contributed by atoms with Gasteiger partial charge in [0.15, 0.2) is 0 Å². The summed E-state index contributed by atoms with van der Waals surface area (Å²) in [5.41, 5.74) is 12.6. The lowest BCUT2D eigenvalue weighted by atomic mass is 10.1. The minimum Gasteiger partial charge on any atom is -0.366 e. The Morgan fingerprint density at radius 3 is 2.46 bits per heavy atom. The topological polar surface area (TPSA) is 120 Å². The van der Waals surface area contributed by atoms with Crippen LogP contribution in [-0.2, 0) is 7.05 Å². The van der Waals surface area contributed by atoms with Crippen LogP contribution in [0.25, 0.3) is 11.4 Å². The molecule has 0 saturated heterocycles. The Labute approximate surface area is 139 Å². The summed E-state index contributed by atoms with van der Waals surface area (Å²) in [5, 5.41) is 4.25. The zero-order valence-electron chi connectivity index (χ0n) is 13.9. The predicted molar refractivity (Wildman–Crippen MR) is 91.1 cm³/mol. The average molecular weight is 328 g/mol. The Bertz CT molecular complexity index is 809. The largest absolute Gasteiger partial charge is 0.366 e. The van der Waals surface area contributed by atoms with E-state index in [4.69, 9.17) is 11.5 Å². The number of anilines is 1. The van der Waals surface area contributed by atoms with E-state index in [9.17, 15) is 9.59 Å². The molecule has 0 fully saturated rings. The van der Waals surface area contributed by atoms with Gasteiger partial charge in [0.1, 0.15) is 17.2 Å². The number of amides is 3. The van der Waals surface area contributed by atoms with E-state index in [0.717, 1.165) is 0 Å². The third-order valence-electron chi connectivity index (χ3n) is 3.53. The Hall–Kier alpha value is -3.16. The first kappa shape index (κ1) is 17.2. The number of pyridine rings is 1. The number of nitrogens with zero attached hydrogens (tertiary/aromatic N) is 4. The molecule has 8 nitrogen and oxygen atoms in total. The molecule has 0 aliphatic carbocycles. The van der Waals surface area contributed by atoms with Crippen molar-refractivity contribution in [1.82, 2.24) is 14.8 Å². The van der Waals surface area contributed by atoms with Crippen LogP contribution in [-0.4, -0.2) is 26.7 Å². The summed E-state index contributed by atoms with van der Waals surface area (Å²) >= 11 is 0. The SMILES string of the molecule is C/C=C(\CC)N(C(N)=O)c1ccc(C(N)=O)c(-c2ccn(C)n2)n1. The molecule has 0 bridgehead atoms. The fraction of sp³-hybridized carbons (Fsp3) is 0.250. The number of rotatable bonds is 5. The highest BCUT2D eigenvalue weighted by Gasteiger charge is 2.21. The van der Waals surface area contributed by atoms with Crippen LogP contribution in [0.3, 0.4) is 0 Å². The smallest absolute Gasteiger partial charge is 0.324 e. The molecule has 0 aliphatic rings. The highest BCUT2D eigenvalue weighted by atomic mass is 16.2. The van der Waals surface area contributed by atoms with Crippen LogP contribution in [0.5, 0.6) is 0 Å². The third kappa shape index (κ3) is 3.27. The molecular weight excluding hydrogens is 308 g/mol. The van der Waals surface area contributed by atoms with E-state index in [-0.39, 0.29) is 5.56 Å². The Kier molecular flexibility index (Phi) is 4.98. The number of aryl methyl sites for hydroxylation is 1. The van der Waals surface area contributed by atoms with Crippen molar-refractivity contribution in [3.63, 3.8) is 0 Å². The first-order valence-corrected chi connectivity index (χ1v) is 7.44. The van der Waals surface area contributed by atoms with Crippen LogP contribution >= 0.6 is 0 Å². The van der Waals surface area contributed by atoms with Gasteiger partial charge in [-0.2, -0.15) is 5.10 Å². The zero-order valence-corrected chi connectivity index (χ0v) is 13.9. The summed E-state index contributed by atoms with van der Waals surface area (Å²) in [5.74, 6) is -0.315. The third-order valence-corrected chi connectivity index (χ3v) is 3.53. The highest BCUT2D eigenvalue weighted by Crippen LogP contribution is 2.26. The summed E-state index contributed by atoms with van der Waals surface area (Å²) in [6.45, 7) is 3.72. The summed E-state index contributed by atoms with van der Waals surface area (Å²) in [4.78, 5) is 29.3. The van der Waals surface area contributed by atoms with Crippen molar-refractivity contribution in [1.29, 1.82) is 0 Å². The maximum atomic E-state index is 11.9. The van der Waals surface area contributed by atoms with Gasteiger partial charge in [0, 0.05) is 18.9 Å². The molecule has 3 amide bonds. The second-order valence-electron chi connectivity index (χ2n) is 5.11. The molecule has 0 unspecified atom stereocenters. The number of nitrogens with two attached hydrogens (primary N) is 2. The zero-order chi connectivity index (χ0) is 17.9. The minimum atomic E-state index is -0.656. The van der Waals surface area contributed by atoms with Gasteiger partial charge in [-0.05, 0) is 31.5 Å². The van der Waals surface area contributed by atoms with Gasteiger partial charge in [0.05, 0.1) is 5.56 Å². The van der Waals surface area contributed by atoms with E-state index in [0.29, 0.717) is 29.3 Å². The molecular formula is C16H20N6O2. The fourth-order valence-electron chi connectivity index (χ4n) is 2.40. The van der Waals surface area contributed by atoms with E-state index >= 15 is 0 Å². The summed E-state index contributed by atoms with van der Waals surface area (Å²) in [6.07, 6.45) is 4.11. The van der Waals surface area contributed by atoms with Gasteiger partial charge in [0.2, 0.25) is 0 Å². The van der Waals surface area contributed by atoms with Crippen molar-refractivity contribution < 1.29 is 9.59 Å². The molecule has 2 heterocycles. The van der Waals surface area contributed by atoms with Crippen LogP contribution in [0, 0.1) is 0 Å². The lowest BCUT2D eigenvalue weighted by molar-refractivity contribution is 0.100. The molecule has 0 radical (unpaired) electrons. The second kappa shape index (κ2) is 6.95. The predicted octanol–water partition coefficient (Wildman–Crippen LogP) is 1.78. The summed E-state index contributed by atoms with van der Waals surface area (Å²) in [7, 11) is 1.75. The van der Waals surface area contributed by atoms with Crippen molar-refractivity contribution >= 4 is 17.8 Å². The number of primary amides is 2. The van der Waals surface area contributed by atoms with Crippen LogP contribution in [0.2, 0.25) is 0 Å². The maximum Gasteiger partial charge on any atom is 0.324 e. The first-order valence-electron chi connectivity index (χ1n) is 7.44. The molecule has 24 heavy (non-hydrogen) atoms. The standard InChI is InChI=1S/C16H20N6O2/c1-4-10(5-2)22(16(18)24)13-7-6-11(15(17)23)14(19-13)12-8-9-21(3)20-12/h4,6-9H,5H2,1-3H3,(H2,17,23)(H2,18,24)/b10-4+. The van der Waals surface area contributed by atoms with E-state index in [1.807, 2.05) is 13.8 Å². The molecule has 0 atom stereocenters. The molecule has 4 N–H and O–H groups in total. The van der Waals surface area contributed by atoms with E-state index < -0.39 is 11.9 Å². The number of hydrogen-bond donors (Lipinski definition) is 2. The molecule has 2 aromatic heterocycles. The van der Waals surface area contributed by atoms with E-state index in [2.05, 4.69) is 10.1 Å². The monoisotopic (exact) mass is 328 g/mol. The molecule has 0 aromatic carbocycles. The molecule has 0 aliphatic heterocycles. The molecule has 2 rings (SSSR count). The highest BCUT2D eigenvalue weighted by molar-refractivity contribution is 6.00. The quantitative estimate of drug-likeness (QED) is 0.869. The van der Waals surface area contributed by atoms with Gasteiger partial charge in [0.25, 0.3) is 5.91 Å². The van der Waals surface area contributed by atoms with Gasteiger partial charge >= 0.3 is 6.03 Å². The second-order valence-corrected chi connectivity index (χ2v) is 5.11. The summed E-state index contributed by atoms with van der Waals surface area (Å²) < 4.78 is 1.59. The van der Waals surface area contributed by atoms with Crippen LogP contribution in [0.15, 0.2) is 36.2 Å². The molecule has 2 aromatic rings. The van der Waals surface area contributed by atoms with Crippen LogP contribution < -0.4 is 16.4 Å². The van der Waals surface area contributed by atoms with Gasteiger partial charge in [-0.15, -0.1) is 0 Å². The Balaban J connectivity index is 2.64. The molecule has 126 valence electrons. The first-order chi connectivity index (χ1) is 11.4. The number of aromatic nitrogens is 3. The van der Waals surface area contributed by atoms with Crippen molar-refractivity contribution in [3.05, 3.63) is 41.7 Å². The number of carbonyl (C=O) groups excluding carboxylic acids is 2. The lowest BCUT2D eigenvalue weighted by Crippen LogP contribution is -2.35. The van der Waals surface area contributed by atoms with Crippen molar-refractivity contribution in [2.24, 2.45) is 18.5 Å². The van der Waals surface area contributed by atoms with E-state index in [1.54, 1.807) is 30.1 Å². The van der Waals surface area contributed by atoms with Crippen LogP contribution in [0.4, 0.5) is 10.6 Å². The van der Waals surface area contributed by atoms with Crippen molar-refractivity contribution in [3.8, 4) is 11.4 Å². The van der Waals surface area contributed by atoms with Crippen molar-refractivity contribution in [2.75, 3.05) is 4.90 Å². The number of allylic oxidation sites excluding steroid dienone is 2. The van der Waals surface area contributed by atoms with E-state index in [1.165, 1.54) is 17.0 Å². The van der Waals surface area contributed by atoms with Crippen molar-refractivity contribution in [2.45, 2.75) is 20.3 Å². The Morgan fingerprint density at radius 1 is 1.29 bits per heavy atom. The number of hydrogen-bond acceptors (Lipinski definition) is 4. The van der Waals surface area contributed by atoms with Gasteiger partial charge in [-0.3, -0.25) is 14.4 Å². The summed E-state index contributed by atoms with van der Waals surface area (Å²) in [6, 6.07) is 4.12. The van der Waals surface area contributed by atoms with Gasteiger partial charge in [-0.1, -0.05) is 13.0 Å². The minimum absolute atomic E-state index is 0.223. The average Bonchev–Trinajstić information content (AvgIpc) is 2.97. The lowest BCUT2D eigenvalue weighted by Gasteiger charge is -2.22. The van der Waals surface area contributed by atoms with Gasteiger partial charge < -0.3 is 11.5 Å². The normalized spacial score (nSPS) is 11.4. The van der Waals surface area contributed by atoms with Gasteiger partial charge in [-0.25, -0.2) is 9.78 Å². The van der Waals surface area contributed by atoms with Crippen LogP contribution in [0.1, 0.15) is 30.6 Å². The number of carbonyl (C=O) groups is 2. The molecule has 0 spiro atoms. The molecule has 8 heteroatoms. The number of urea groups is 1.